The minimum Gasteiger partial charge on any atom is -0.317 e. The maximum atomic E-state index is 3.50. The van der Waals surface area contributed by atoms with Gasteiger partial charge in [0.15, 0.2) is 0 Å². The predicted octanol–water partition coefficient (Wildman–Crippen LogP) is 2.39. The highest BCUT2D eigenvalue weighted by atomic mass is 15.2. The van der Waals surface area contributed by atoms with Crippen LogP contribution in [0, 0.1) is 0 Å². The highest BCUT2D eigenvalue weighted by molar-refractivity contribution is 4.89. The molecule has 0 aromatic rings. The summed E-state index contributed by atoms with van der Waals surface area (Å²) in [5, 5.41) is 3.50. The van der Waals surface area contributed by atoms with Crippen molar-refractivity contribution in [1.29, 1.82) is 0 Å². The largest absolute Gasteiger partial charge is 0.317 e. The summed E-state index contributed by atoms with van der Waals surface area (Å²) in [5.74, 6) is 0. The molecule has 15 heavy (non-hydrogen) atoms. The summed E-state index contributed by atoms with van der Waals surface area (Å²) in [4.78, 5) is 2.78. The first-order chi connectivity index (χ1) is 7.31. The van der Waals surface area contributed by atoms with E-state index in [4.69, 9.17) is 0 Å². The third-order valence-corrected chi connectivity index (χ3v) is 4.26. The van der Waals surface area contributed by atoms with Crippen molar-refractivity contribution in [3.8, 4) is 0 Å². The number of nitrogens with one attached hydrogen (secondary N) is 1. The number of rotatable bonds is 1. The van der Waals surface area contributed by atoms with Crippen LogP contribution < -0.4 is 5.32 Å². The molecule has 1 aliphatic heterocycles. The van der Waals surface area contributed by atoms with E-state index in [0.29, 0.717) is 5.54 Å². The third-order valence-electron chi connectivity index (χ3n) is 4.26. The minimum absolute atomic E-state index is 0.537. The zero-order valence-corrected chi connectivity index (χ0v) is 10.2. The summed E-state index contributed by atoms with van der Waals surface area (Å²) >= 11 is 0. The van der Waals surface area contributed by atoms with Crippen LogP contribution in [0.15, 0.2) is 0 Å². The van der Waals surface area contributed by atoms with Crippen LogP contribution in [-0.4, -0.2) is 36.6 Å². The van der Waals surface area contributed by atoms with E-state index in [1.165, 1.54) is 71.1 Å². The van der Waals surface area contributed by atoms with Crippen molar-refractivity contribution < 1.29 is 0 Å². The SMILES string of the molecule is CC1(N2CCCNCCC2)CCCCC1. The van der Waals surface area contributed by atoms with Crippen LogP contribution in [0.4, 0.5) is 0 Å². The van der Waals surface area contributed by atoms with Gasteiger partial charge in [-0.3, -0.25) is 4.90 Å². The van der Waals surface area contributed by atoms with E-state index in [2.05, 4.69) is 17.1 Å². The molecule has 0 spiro atoms. The molecule has 0 aromatic heterocycles. The van der Waals surface area contributed by atoms with Crippen molar-refractivity contribution in [2.45, 2.75) is 57.4 Å². The van der Waals surface area contributed by atoms with Gasteiger partial charge in [0.2, 0.25) is 0 Å². The Morgan fingerprint density at radius 3 is 2.07 bits per heavy atom. The monoisotopic (exact) mass is 210 g/mol. The van der Waals surface area contributed by atoms with Crippen LogP contribution in [-0.2, 0) is 0 Å². The molecular weight excluding hydrogens is 184 g/mol. The second-order valence-electron chi connectivity index (χ2n) is 5.50. The maximum Gasteiger partial charge on any atom is 0.0181 e. The number of hydrogen-bond donors (Lipinski definition) is 1. The van der Waals surface area contributed by atoms with Gasteiger partial charge < -0.3 is 5.32 Å². The lowest BCUT2D eigenvalue weighted by Crippen LogP contribution is -2.50. The summed E-state index contributed by atoms with van der Waals surface area (Å²) in [5.41, 5.74) is 0.537. The van der Waals surface area contributed by atoms with Crippen LogP contribution in [0.2, 0.25) is 0 Å². The fourth-order valence-corrected chi connectivity index (χ4v) is 3.20. The van der Waals surface area contributed by atoms with Crippen molar-refractivity contribution in [3.05, 3.63) is 0 Å². The molecule has 0 atom stereocenters. The van der Waals surface area contributed by atoms with Crippen molar-refractivity contribution in [1.82, 2.24) is 10.2 Å². The van der Waals surface area contributed by atoms with Crippen LogP contribution in [0.3, 0.4) is 0 Å². The van der Waals surface area contributed by atoms with Crippen LogP contribution >= 0.6 is 0 Å². The van der Waals surface area contributed by atoms with Gasteiger partial charge >= 0.3 is 0 Å². The van der Waals surface area contributed by atoms with Gasteiger partial charge in [0.1, 0.15) is 0 Å². The van der Waals surface area contributed by atoms with Gasteiger partial charge in [-0.15, -0.1) is 0 Å². The zero-order chi connectivity index (χ0) is 10.6. The number of nitrogens with zero attached hydrogens (tertiary/aromatic N) is 1. The Hall–Kier alpha value is -0.0800. The molecule has 1 saturated heterocycles. The van der Waals surface area contributed by atoms with Crippen molar-refractivity contribution in [3.63, 3.8) is 0 Å². The lowest BCUT2D eigenvalue weighted by molar-refractivity contribution is 0.0600. The Balaban J connectivity index is 1.92. The highest BCUT2D eigenvalue weighted by Crippen LogP contribution is 2.33. The quantitative estimate of drug-likeness (QED) is 0.715. The lowest BCUT2D eigenvalue weighted by Gasteiger charge is -2.45. The summed E-state index contributed by atoms with van der Waals surface area (Å²) in [6.45, 7) is 7.55. The molecule has 0 amide bonds. The minimum atomic E-state index is 0.537. The van der Waals surface area contributed by atoms with E-state index in [0.717, 1.165) is 0 Å². The molecule has 1 N–H and O–H groups in total. The Kier molecular flexibility index (Phi) is 4.04. The molecule has 1 aliphatic carbocycles. The molecule has 0 bridgehead atoms. The van der Waals surface area contributed by atoms with Gasteiger partial charge in [-0.1, -0.05) is 19.3 Å². The molecule has 0 radical (unpaired) electrons. The standard InChI is InChI=1S/C13H26N2/c1-13(7-3-2-4-8-13)15-11-5-9-14-10-6-12-15/h14H,2-12H2,1H3. The van der Waals surface area contributed by atoms with Crippen LogP contribution in [0.5, 0.6) is 0 Å². The molecule has 1 heterocycles. The second kappa shape index (κ2) is 5.31. The Morgan fingerprint density at radius 1 is 0.867 bits per heavy atom. The first-order valence-corrected chi connectivity index (χ1v) is 6.77. The normalized spacial score (nSPS) is 29.4. The molecule has 2 heteroatoms. The summed E-state index contributed by atoms with van der Waals surface area (Å²) in [7, 11) is 0. The van der Waals surface area contributed by atoms with Gasteiger partial charge in [0.25, 0.3) is 0 Å². The second-order valence-corrected chi connectivity index (χ2v) is 5.50. The zero-order valence-electron chi connectivity index (χ0n) is 10.2. The smallest absolute Gasteiger partial charge is 0.0181 e. The average Bonchev–Trinajstić information content (AvgIpc) is 2.17. The maximum absolute atomic E-state index is 3.50. The van der Waals surface area contributed by atoms with E-state index in [-0.39, 0.29) is 0 Å². The molecule has 2 nitrogen and oxygen atoms in total. The summed E-state index contributed by atoms with van der Waals surface area (Å²) in [6.07, 6.45) is 9.88. The average molecular weight is 210 g/mol. The Bertz CT molecular complexity index is 177. The molecular formula is C13H26N2. The van der Waals surface area contributed by atoms with E-state index in [1.54, 1.807) is 0 Å². The molecule has 2 rings (SSSR count). The molecule has 1 saturated carbocycles. The molecule has 2 fully saturated rings. The van der Waals surface area contributed by atoms with Gasteiger partial charge in [-0.05, 0) is 58.8 Å². The fourth-order valence-electron chi connectivity index (χ4n) is 3.20. The molecule has 2 aliphatic rings. The molecule has 0 unspecified atom stereocenters. The first-order valence-electron chi connectivity index (χ1n) is 6.77. The summed E-state index contributed by atoms with van der Waals surface area (Å²) < 4.78 is 0. The lowest BCUT2D eigenvalue weighted by atomic mass is 9.81. The Labute approximate surface area is 94.4 Å². The van der Waals surface area contributed by atoms with E-state index < -0.39 is 0 Å². The van der Waals surface area contributed by atoms with Gasteiger partial charge in [-0.2, -0.15) is 0 Å². The van der Waals surface area contributed by atoms with Gasteiger partial charge in [-0.25, -0.2) is 0 Å². The van der Waals surface area contributed by atoms with Crippen LogP contribution in [0.25, 0.3) is 0 Å². The van der Waals surface area contributed by atoms with Crippen LogP contribution in [0.1, 0.15) is 51.9 Å². The van der Waals surface area contributed by atoms with Crippen molar-refractivity contribution in [2.24, 2.45) is 0 Å². The molecule has 0 aromatic carbocycles. The third kappa shape index (κ3) is 2.94. The van der Waals surface area contributed by atoms with E-state index in [9.17, 15) is 0 Å². The van der Waals surface area contributed by atoms with Gasteiger partial charge in [0.05, 0.1) is 0 Å². The number of hydrogen-bond acceptors (Lipinski definition) is 2. The topological polar surface area (TPSA) is 15.3 Å². The van der Waals surface area contributed by atoms with Gasteiger partial charge in [0, 0.05) is 5.54 Å². The van der Waals surface area contributed by atoms with E-state index in [1.807, 2.05) is 0 Å². The van der Waals surface area contributed by atoms with Crippen molar-refractivity contribution >= 4 is 0 Å². The van der Waals surface area contributed by atoms with Crippen molar-refractivity contribution in [2.75, 3.05) is 26.2 Å². The highest BCUT2D eigenvalue weighted by Gasteiger charge is 2.32. The Morgan fingerprint density at radius 2 is 1.47 bits per heavy atom. The first kappa shape index (κ1) is 11.4. The molecule has 88 valence electrons. The summed E-state index contributed by atoms with van der Waals surface area (Å²) in [6, 6.07) is 0. The fraction of sp³-hybridized carbons (Fsp3) is 1.00. The predicted molar refractivity (Wildman–Crippen MR) is 65.2 cm³/mol. The van der Waals surface area contributed by atoms with E-state index >= 15 is 0 Å².